The molecule has 1 saturated carbocycles. The summed E-state index contributed by atoms with van der Waals surface area (Å²) in [5.41, 5.74) is 1.23. The number of nitrogens with one attached hydrogen (secondary N) is 5. The maximum atomic E-state index is 16.0. The highest BCUT2D eigenvalue weighted by atomic mass is 19.1. The van der Waals surface area contributed by atoms with Crippen LogP contribution in [0.2, 0.25) is 5.11 Å². The second-order valence-corrected chi connectivity index (χ2v) is 9.90. The molecule has 4 rings (SSSR count). The molecule has 10 heteroatoms. The van der Waals surface area contributed by atoms with E-state index in [1.165, 1.54) is 5.57 Å². The zero-order valence-corrected chi connectivity index (χ0v) is 18.6. The molecule has 3 fully saturated rings. The fourth-order valence-corrected chi connectivity index (χ4v) is 5.67. The van der Waals surface area contributed by atoms with E-state index < -0.39 is 11.3 Å². The maximum absolute atomic E-state index is 16.0. The Balaban J connectivity index is 1.42. The maximum Gasteiger partial charge on any atom is 0.124 e. The van der Waals surface area contributed by atoms with Crippen LogP contribution in [-0.2, 0) is 4.74 Å². The summed E-state index contributed by atoms with van der Waals surface area (Å²) in [6.07, 6.45) is 5.63. The van der Waals surface area contributed by atoms with Crippen LogP contribution >= 0.6 is 0 Å². The van der Waals surface area contributed by atoms with Gasteiger partial charge >= 0.3 is 0 Å². The van der Waals surface area contributed by atoms with E-state index in [1.54, 1.807) is 0 Å². The molecule has 6 nitrogen and oxygen atoms in total. The summed E-state index contributed by atoms with van der Waals surface area (Å²) >= 11 is 0. The molecule has 31 heavy (non-hydrogen) atoms. The summed E-state index contributed by atoms with van der Waals surface area (Å²) in [4.78, 5) is 0. The standard InChI is InChI=1S/C21H35B3FN5O/c1-12-9-16(27-11-21(22,23)24)30-20(28-12)29-15-10-14-5-8-31-19(14)17(18(15)25)13-3-2-6-26-7-4-13/h4,12,14-20,26-30H,2-3,5-11H2,1H3. The Bertz CT molecular complexity index is 637. The van der Waals surface area contributed by atoms with E-state index in [-0.39, 0.29) is 43.1 Å². The fourth-order valence-electron chi connectivity index (χ4n) is 5.67. The minimum atomic E-state index is -1.27. The van der Waals surface area contributed by atoms with Crippen LogP contribution in [0.15, 0.2) is 11.6 Å². The molecule has 3 heterocycles. The summed E-state index contributed by atoms with van der Waals surface area (Å²) < 4.78 is 22.1. The second-order valence-electron chi connectivity index (χ2n) is 9.90. The molecule has 8 atom stereocenters. The van der Waals surface area contributed by atoms with Gasteiger partial charge in [0.15, 0.2) is 0 Å². The van der Waals surface area contributed by atoms with Gasteiger partial charge in [0.05, 0.1) is 35.8 Å². The molecule has 0 aromatic rings. The number of ether oxygens (including phenoxy) is 1. The highest BCUT2D eigenvalue weighted by Gasteiger charge is 2.49. The Labute approximate surface area is 190 Å². The van der Waals surface area contributed by atoms with E-state index >= 15 is 4.39 Å². The third-order valence-corrected chi connectivity index (χ3v) is 7.10. The Kier molecular flexibility index (Phi) is 7.87. The molecule has 0 aromatic carbocycles. The zero-order chi connectivity index (χ0) is 22.0. The van der Waals surface area contributed by atoms with Crippen molar-refractivity contribution >= 4 is 23.5 Å². The quantitative estimate of drug-likeness (QED) is 0.300. The van der Waals surface area contributed by atoms with Gasteiger partial charge in [0.1, 0.15) is 12.5 Å². The minimum Gasteiger partial charge on any atom is -0.377 e. The summed E-state index contributed by atoms with van der Waals surface area (Å²) in [5.74, 6) is 0.231. The smallest absolute Gasteiger partial charge is 0.124 e. The zero-order valence-electron chi connectivity index (χ0n) is 18.6. The first-order valence-electron chi connectivity index (χ1n) is 11.8. The van der Waals surface area contributed by atoms with Gasteiger partial charge in [-0.25, -0.2) is 4.39 Å². The number of rotatable bonds is 6. The number of alkyl halides is 1. The van der Waals surface area contributed by atoms with Gasteiger partial charge in [0, 0.05) is 31.2 Å². The average Bonchev–Trinajstić information content (AvgIpc) is 2.99. The molecule has 0 amide bonds. The van der Waals surface area contributed by atoms with Crippen molar-refractivity contribution in [3.8, 4) is 0 Å². The largest absolute Gasteiger partial charge is 0.377 e. The lowest BCUT2D eigenvalue weighted by Gasteiger charge is -2.45. The number of halogens is 1. The molecular formula is C21H35B3FN5O. The van der Waals surface area contributed by atoms with Gasteiger partial charge in [-0.15, -0.1) is 5.11 Å². The Hall–Kier alpha value is -0.375. The molecular weight excluding hydrogens is 390 g/mol. The van der Waals surface area contributed by atoms with Crippen LogP contribution in [-0.4, -0.2) is 86.6 Å². The van der Waals surface area contributed by atoms with Crippen molar-refractivity contribution in [2.24, 2.45) is 11.8 Å². The van der Waals surface area contributed by atoms with Gasteiger partial charge in [-0.2, -0.15) is 0 Å². The molecule has 6 radical (unpaired) electrons. The highest BCUT2D eigenvalue weighted by Crippen LogP contribution is 2.44. The molecule has 0 spiro atoms. The van der Waals surface area contributed by atoms with E-state index in [9.17, 15) is 0 Å². The Morgan fingerprint density at radius 2 is 2.10 bits per heavy atom. The first-order valence-corrected chi connectivity index (χ1v) is 11.8. The van der Waals surface area contributed by atoms with Gasteiger partial charge in [-0.05, 0) is 58.0 Å². The van der Waals surface area contributed by atoms with Gasteiger partial charge in [0.25, 0.3) is 0 Å². The van der Waals surface area contributed by atoms with Crippen LogP contribution in [0.4, 0.5) is 4.39 Å². The van der Waals surface area contributed by atoms with Crippen LogP contribution in [0.3, 0.4) is 0 Å². The molecule has 0 aromatic heterocycles. The van der Waals surface area contributed by atoms with Gasteiger partial charge in [-0.1, -0.05) is 11.6 Å². The minimum absolute atomic E-state index is 0.00444. The Morgan fingerprint density at radius 3 is 2.90 bits per heavy atom. The first-order chi connectivity index (χ1) is 14.8. The van der Waals surface area contributed by atoms with E-state index in [1.807, 2.05) is 0 Å². The van der Waals surface area contributed by atoms with Crippen LogP contribution in [0.5, 0.6) is 0 Å². The van der Waals surface area contributed by atoms with Crippen molar-refractivity contribution in [1.29, 1.82) is 0 Å². The predicted octanol–water partition coefficient (Wildman–Crippen LogP) is -0.233. The van der Waals surface area contributed by atoms with E-state index in [0.717, 1.165) is 51.8 Å². The number of hydrogen-bond donors (Lipinski definition) is 5. The SMILES string of the molecule is [B]C([B])([B])CNC1CC(C)NC(NC2CC3CCOC3C(C3=CCNCCC3)C2F)N1. The molecule has 166 valence electrons. The monoisotopic (exact) mass is 425 g/mol. The molecule has 8 unspecified atom stereocenters. The van der Waals surface area contributed by atoms with E-state index in [0.29, 0.717) is 5.92 Å². The van der Waals surface area contributed by atoms with Crippen LogP contribution in [0.1, 0.15) is 39.0 Å². The molecule has 5 N–H and O–H groups in total. The van der Waals surface area contributed by atoms with Crippen molar-refractivity contribution in [2.75, 3.05) is 26.2 Å². The molecule has 1 aliphatic carbocycles. The molecule has 4 aliphatic rings. The van der Waals surface area contributed by atoms with Crippen molar-refractivity contribution in [1.82, 2.24) is 26.6 Å². The van der Waals surface area contributed by atoms with Crippen molar-refractivity contribution in [3.63, 3.8) is 0 Å². The van der Waals surface area contributed by atoms with Gasteiger partial charge in [0.2, 0.25) is 0 Å². The molecule has 0 bridgehead atoms. The first kappa shape index (κ1) is 23.8. The highest BCUT2D eigenvalue weighted by molar-refractivity contribution is 6.59. The summed E-state index contributed by atoms with van der Waals surface area (Å²) in [5, 5.41) is 15.9. The third kappa shape index (κ3) is 6.15. The fraction of sp³-hybridized carbons (Fsp3) is 0.905. The van der Waals surface area contributed by atoms with Crippen LogP contribution in [0.25, 0.3) is 0 Å². The van der Waals surface area contributed by atoms with E-state index in [2.05, 4.69) is 39.6 Å². The summed E-state index contributed by atoms with van der Waals surface area (Å²) in [7, 11) is 17.1. The third-order valence-electron chi connectivity index (χ3n) is 7.10. The van der Waals surface area contributed by atoms with Crippen molar-refractivity contribution in [3.05, 3.63) is 11.6 Å². The lowest BCUT2D eigenvalue weighted by molar-refractivity contribution is -0.0262. The summed E-state index contributed by atoms with van der Waals surface area (Å²) in [6, 6.07) is 0.00764. The Morgan fingerprint density at radius 1 is 1.26 bits per heavy atom. The predicted molar refractivity (Wildman–Crippen MR) is 124 cm³/mol. The van der Waals surface area contributed by atoms with Gasteiger partial charge in [-0.3, -0.25) is 16.0 Å². The topological polar surface area (TPSA) is 69.4 Å². The average molecular weight is 425 g/mol. The van der Waals surface area contributed by atoms with E-state index in [4.69, 9.17) is 28.3 Å². The molecule has 3 aliphatic heterocycles. The lowest BCUT2D eigenvalue weighted by atomic mass is 9.43. The normalized spacial score (nSPS) is 41.9. The van der Waals surface area contributed by atoms with Crippen molar-refractivity contribution < 1.29 is 9.13 Å². The second kappa shape index (κ2) is 10.3. The number of fused-ring (bicyclic) bond motifs is 1. The van der Waals surface area contributed by atoms with Gasteiger partial charge < -0.3 is 15.4 Å². The lowest BCUT2D eigenvalue weighted by Crippen LogP contribution is -2.70. The van der Waals surface area contributed by atoms with Crippen LogP contribution < -0.4 is 26.6 Å². The summed E-state index contributed by atoms with van der Waals surface area (Å²) in [6.45, 7) is 4.93. The van der Waals surface area contributed by atoms with Crippen molar-refractivity contribution in [2.45, 2.75) is 81.0 Å². The number of hydrogen-bond acceptors (Lipinski definition) is 6. The van der Waals surface area contributed by atoms with Crippen LogP contribution in [0, 0.1) is 11.8 Å². The molecule has 2 saturated heterocycles.